The van der Waals surface area contributed by atoms with Gasteiger partial charge in [0.1, 0.15) is 11.5 Å². The van der Waals surface area contributed by atoms with Gasteiger partial charge in [-0.1, -0.05) is 230 Å². The third-order valence-corrected chi connectivity index (χ3v) is 17.8. The SMILES string of the molecule is c1ccc(-c2ccc(-c3ccccc3N(c3cccc4c3-c3ccccc3C43c4ccccc4Oc4ccccc43)c3cccc4cc5c(cc34)C3(c4ccccc4Sc4ccccc43)c3ccccc3-5)cc2)cc1. The van der Waals surface area contributed by atoms with Gasteiger partial charge >= 0.3 is 0 Å². The molecule has 4 aliphatic rings. The lowest BCUT2D eigenvalue weighted by molar-refractivity contribution is 0.436. The summed E-state index contributed by atoms with van der Waals surface area (Å²) in [5.74, 6) is 1.76. The van der Waals surface area contributed by atoms with Crippen LogP contribution >= 0.6 is 11.8 Å². The third kappa shape index (κ3) is 5.82. The molecule has 0 N–H and O–H groups in total. The van der Waals surface area contributed by atoms with E-state index in [-0.39, 0.29) is 0 Å². The van der Waals surface area contributed by atoms with Crippen molar-refractivity contribution >= 4 is 39.6 Å². The molecule has 0 bridgehead atoms. The second kappa shape index (κ2) is 16.2. The lowest BCUT2D eigenvalue weighted by Crippen LogP contribution is -2.32. The van der Waals surface area contributed by atoms with Gasteiger partial charge in [0.25, 0.3) is 0 Å². The molecule has 2 aliphatic heterocycles. The van der Waals surface area contributed by atoms with E-state index in [0.29, 0.717) is 0 Å². The van der Waals surface area contributed by atoms with Crippen molar-refractivity contribution in [3.63, 3.8) is 0 Å². The van der Waals surface area contributed by atoms with Crippen molar-refractivity contribution in [2.24, 2.45) is 0 Å². The van der Waals surface area contributed by atoms with Crippen LogP contribution in [0.4, 0.5) is 17.1 Å². The summed E-state index contributed by atoms with van der Waals surface area (Å²) in [5, 5.41) is 2.38. The Balaban J connectivity index is 1.01. The number of rotatable bonds is 5. The Hall–Kier alpha value is -9.15. The number of para-hydroxylation sites is 3. The van der Waals surface area contributed by atoms with E-state index < -0.39 is 10.8 Å². The fraction of sp³-hybridized carbons (Fsp3) is 0.0278. The second-order valence-electron chi connectivity index (χ2n) is 20.2. The first-order chi connectivity index (χ1) is 37.2. The predicted molar refractivity (Wildman–Crippen MR) is 308 cm³/mol. The maximum atomic E-state index is 6.80. The highest BCUT2D eigenvalue weighted by Crippen LogP contribution is 2.66. The van der Waals surface area contributed by atoms with Crippen LogP contribution in [-0.2, 0) is 10.8 Å². The number of nitrogens with zero attached hydrogens (tertiary/aromatic N) is 1. The minimum Gasteiger partial charge on any atom is -0.457 e. The Bertz CT molecular complexity index is 4230. The molecule has 75 heavy (non-hydrogen) atoms. The summed E-state index contributed by atoms with van der Waals surface area (Å²) < 4.78 is 6.80. The van der Waals surface area contributed by atoms with Crippen LogP contribution in [0.25, 0.3) is 55.3 Å². The smallest absolute Gasteiger partial charge is 0.132 e. The average molecular weight is 972 g/mol. The van der Waals surface area contributed by atoms with Crippen LogP contribution in [0.1, 0.15) is 44.5 Å². The van der Waals surface area contributed by atoms with Gasteiger partial charge in [-0.2, -0.15) is 0 Å². The number of fused-ring (bicyclic) bond motifs is 19. The minimum absolute atomic E-state index is 0.530. The summed E-state index contributed by atoms with van der Waals surface area (Å²) in [6, 6.07) is 102. The normalized spacial score (nSPS) is 14.1. The van der Waals surface area contributed by atoms with Gasteiger partial charge in [-0.05, 0) is 127 Å². The molecule has 350 valence electrons. The molecule has 12 aromatic rings. The first kappa shape index (κ1) is 42.4. The van der Waals surface area contributed by atoms with Gasteiger partial charge in [0.2, 0.25) is 0 Å². The maximum Gasteiger partial charge on any atom is 0.132 e. The van der Waals surface area contributed by atoms with Crippen LogP contribution in [0.2, 0.25) is 0 Å². The molecule has 2 nitrogen and oxygen atoms in total. The minimum atomic E-state index is -0.636. The van der Waals surface area contributed by atoms with Crippen LogP contribution in [-0.4, -0.2) is 0 Å². The summed E-state index contributed by atoms with van der Waals surface area (Å²) in [4.78, 5) is 5.18. The van der Waals surface area contributed by atoms with Crippen molar-refractivity contribution < 1.29 is 4.74 Å². The van der Waals surface area contributed by atoms with Gasteiger partial charge in [-0.15, -0.1) is 0 Å². The molecule has 2 heterocycles. The molecule has 2 spiro atoms. The molecule has 3 heteroatoms. The first-order valence-corrected chi connectivity index (χ1v) is 26.7. The molecule has 0 saturated carbocycles. The molecule has 12 aromatic carbocycles. The zero-order valence-corrected chi connectivity index (χ0v) is 41.6. The lowest BCUT2D eigenvalue weighted by Gasteiger charge is -2.40. The van der Waals surface area contributed by atoms with E-state index in [0.717, 1.165) is 50.8 Å². The maximum absolute atomic E-state index is 6.80. The second-order valence-corrected chi connectivity index (χ2v) is 21.3. The van der Waals surface area contributed by atoms with E-state index >= 15 is 0 Å². The summed E-state index contributed by atoms with van der Waals surface area (Å²) >= 11 is 1.89. The van der Waals surface area contributed by atoms with Gasteiger partial charge in [0, 0.05) is 37.4 Å². The largest absolute Gasteiger partial charge is 0.457 e. The van der Waals surface area contributed by atoms with Crippen LogP contribution in [0.15, 0.2) is 283 Å². The fourth-order valence-electron chi connectivity index (χ4n) is 13.6. The van der Waals surface area contributed by atoms with E-state index in [1.165, 1.54) is 87.3 Å². The summed E-state index contributed by atoms with van der Waals surface area (Å²) in [5.41, 5.74) is 21.9. The Labute approximate surface area is 440 Å². The van der Waals surface area contributed by atoms with Crippen molar-refractivity contribution in [1.29, 1.82) is 0 Å². The molecular formula is C72H45NOS. The monoisotopic (exact) mass is 971 g/mol. The highest BCUT2D eigenvalue weighted by atomic mass is 32.2. The number of hydrogen-bond acceptors (Lipinski definition) is 3. The predicted octanol–water partition coefficient (Wildman–Crippen LogP) is 18.9. The van der Waals surface area contributed by atoms with E-state index in [2.05, 4.69) is 278 Å². The van der Waals surface area contributed by atoms with E-state index in [1.807, 2.05) is 11.8 Å². The molecule has 0 unspecified atom stereocenters. The lowest BCUT2D eigenvalue weighted by atomic mass is 9.66. The molecule has 2 aliphatic carbocycles. The number of benzene rings is 12. The van der Waals surface area contributed by atoms with Crippen molar-refractivity contribution in [1.82, 2.24) is 0 Å². The van der Waals surface area contributed by atoms with Crippen LogP contribution < -0.4 is 9.64 Å². The van der Waals surface area contributed by atoms with Gasteiger partial charge in [0.05, 0.1) is 27.9 Å². The Morgan fingerprint density at radius 1 is 0.293 bits per heavy atom. The van der Waals surface area contributed by atoms with Crippen LogP contribution in [0.5, 0.6) is 11.5 Å². The number of ether oxygens (including phenoxy) is 1. The average Bonchev–Trinajstić information content (AvgIpc) is 4.16. The number of anilines is 3. The van der Waals surface area contributed by atoms with Gasteiger partial charge in [-0.3, -0.25) is 0 Å². The molecular weight excluding hydrogens is 927 g/mol. The van der Waals surface area contributed by atoms with Crippen molar-refractivity contribution in [3.8, 4) is 56.0 Å². The molecule has 0 fully saturated rings. The van der Waals surface area contributed by atoms with Gasteiger partial charge < -0.3 is 9.64 Å². The zero-order chi connectivity index (χ0) is 49.2. The van der Waals surface area contributed by atoms with Crippen LogP contribution in [0.3, 0.4) is 0 Å². The summed E-state index contributed by atoms with van der Waals surface area (Å²) in [7, 11) is 0. The summed E-state index contributed by atoms with van der Waals surface area (Å²) in [6.07, 6.45) is 0. The fourth-order valence-corrected chi connectivity index (χ4v) is 14.8. The topological polar surface area (TPSA) is 12.5 Å². The molecule has 0 saturated heterocycles. The standard InChI is InChI=1S/C72H45NOS/c1-2-20-46(21-3-1)47-40-42-48(43-41-47)50-23-6-13-33-63(50)73(65-35-19-32-61-70(65)52-25-5-8-27-56(52)71(61)57-28-9-14-36-66(57)74-67-37-15-10-29-58(67)71)64-34-18-22-49-44-54-51-24-4-7-26-55(51)72(62(54)45-53(49)64)59-30-11-16-38-68(59)75-69-39-17-12-31-60(69)72/h1-45H. The molecule has 0 amide bonds. The third-order valence-electron chi connectivity index (χ3n) is 16.6. The first-order valence-electron chi connectivity index (χ1n) is 25.9. The molecule has 0 radical (unpaired) electrons. The van der Waals surface area contributed by atoms with Crippen molar-refractivity contribution in [2.75, 3.05) is 4.90 Å². The highest BCUT2D eigenvalue weighted by Gasteiger charge is 2.53. The highest BCUT2D eigenvalue weighted by molar-refractivity contribution is 7.99. The quantitative estimate of drug-likeness (QED) is 0.171. The van der Waals surface area contributed by atoms with E-state index in [4.69, 9.17) is 4.74 Å². The van der Waals surface area contributed by atoms with Crippen LogP contribution in [0, 0.1) is 0 Å². The van der Waals surface area contributed by atoms with Gasteiger partial charge in [-0.25, -0.2) is 0 Å². The zero-order valence-electron chi connectivity index (χ0n) is 40.7. The Morgan fingerprint density at radius 2 is 0.773 bits per heavy atom. The van der Waals surface area contributed by atoms with E-state index in [1.54, 1.807) is 0 Å². The number of hydrogen-bond donors (Lipinski definition) is 0. The van der Waals surface area contributed by atoms with Gasteiger partial charge in [0.15, 0.2) is 0 Å². The molecule has 0 aromatic heterocycles. The molecule has 0 atom stereocenters. The van der Waals surface area contributed by atoms with Crippen molar-refractivity contribution in [2.45, 2.75) is 20.6 Å². The van der Waals surface area contributed by atoms with E-state index in [9.17, 15) is 0 Å². The molecule has 16 rings (SSSR count). The Kier molecular flexibility index (Phi) is 9.14. The Morgan fingerprint density at radius 3 is 1.48 bits per heavy atom. The summed E-state index contributed by atoms with van der Waals surface area (Å²) in [6.45, 7) is 0. The van der Waals surface area contributed by atoms with Crippen molar-refractivity contribution in [3.05, 3.63) is 317 Å².